The number of rotatable bonds is 7. The molecule has 4 rings (SSSR count). The molecule has 0 spiro atoms. The summed E-state index contributed by atoms with van der Waals surface area (Å²) in [5, 5.41) is 13.5. The Morgan fingerprint density at radius 3 is 2.29 bits per heavy atom. The molecular weight excluding hydrogens is 490 g/mol. The van der Waals surface area contributed by atoms with Crippen molar-refractivity contribution < 1.29 is 23.1 Å². The first-order valence-electron chi connectivity index (χ1n) is 11.0. The van der Waals surface area contributed by atoms with Crippen LogP contribution >= 0.6 is 11.6 Å². The van der Waals surface area contributed by atoms with Gasteiger partial charge < -0.3 is 15.3 Å². The van der Waals surface area contributed by atoms with E-state index in [0.717, 1.165) is 11.4 Å². The SMILES string of the molecule is CN(c1ccc(Cl)cc1)c1ccc(C(=O)c2ccc(NC3CCS(=O)(=O)CC3)c(C(=O)O)c2)nc1. The zero-order valence-electron chi connectivity index (χ0n) is 18.9. The van der Waals surface area contributed by atoms with Gasteiger partial charge in [-0.2, -0.15) is 0 Å². The predicted octanol–water partition coefficient (Wildman–Crippen LogP) is 4.42. The number of aromatic nitrogens is 1. The molecule has 10 heteroatoms. The molecule has 2 heterocycles. The summed E-state index contributed by atoms with van der Waals surface area (Å²) < 4.78 is 23.3. The van der Waals surface area contributed by atoms with Crippen LogP contribution in [0.15, 0.2) is 60.8 Å². The van der Waals surface area contributed by atoms with E-state index >= 15 is 0 Å². The minimum absolute atomic E-state index is 0.0524. The molecule has 0 bridgehead atoms. The Morgan fingerprint density at radius 2 is 1.69 bits per heavy atom. The molecule has 35 heavy (non-hydrogen) atoms. The van der Waals surface area contributed by atoms with Crippen LogP contribution in [0.4, 0.5) is 17.1 Å². The lowest BCUT2D eigenvalue weighted by molar-refractivity contribution is 0.0698. The molecule has 2 N–H and O–H groups in total. The highest BCUT2D eigenvalue weighted by atomic mass is 35.5. The largest absolute Gasteiger partial charge is 0.478 e. The highest BCUT2D eigenvalue weighted by Gasteiger charge is 2.25. The fourth-order valence-corrected chi connectivity index (χ4v) is 5.54. The summed E-state index contributed by atoms with van der Waals surface area (Å²) in [7, 11) is -1.16. The van der Waals surface area contributed by atoms with E-state index < -0.39 is 21.6 Å². The molecule has 1 aliphatic rings. The lowest BCUT2D eigenvalue weighted by Gasteiger charge is -2.25. The van der Waals surface area contributed by atoms with Gasteiger partial charge in [0.2, 0.25) is 5.78 Å². The lowest BCUT2D eigenvalue weighted by Crippen LogP contribution is -2.32. The first kappa shape index (κ1) is 24.7. The Balaban J connectivity index is 1.51. The highest BCUT2D eigenvalue weighted by Crippen LogP contribution is 2.26. The van der Waals surface area contributed by atoms with Gasteiger partial charge in [0.25, 0.3) is 0 Å². The standard InChI is InChI=1S/C25H24ClN3O5S/c1-29(19-5-3-17(26)4-6-19)20-7-9-23(27-15-20)24(30)16-2-8-22(21(14-16)25(31)32)28-18-10-12-35(33,34)13-11-18/h2-9,14-15,18,28H,10-13H2,1H3,(H,31,32). The zero-order valence-corrected chi connectivity index (χ0v) is 20.5. The average Bonchev–Trinajstić information content (AvgIpc) is 2.85. The number of hydrogen-bond acceptors (Lipinski definition) is 7. The molecular formula is C25H24ClN3O5S. The molecule has 182 valence electrons. The fraction of sp³-hybridized carbons (Fsp3) is 0.240. The molecule has 1 fully saturated rings. The topological polar surface area (TPSA) is 117 Å². The number of pyridine rings is 1. The van der Waals surface area contributed by atoms with Crippen LogP contribution in [0.25, 0.3) is 0 Å². The smallest absolute Gasteiger partial charge is 0.337 e. The van der Waals surface area contributed by atoms with E-state index in [-0.39, 0.29) is 34.4 Å². The second-order valence-electron chi connectivity index (χ2n) is 8.40. The molecule has 0 amide bonds. The third kappa shape index (κ3) is 5.80. The van der Waals surface area contributed by atoms with Gasteiger partial charge in [-0.05, 0) is 67.4 Å². The van der Waals surface area contributed by atoms with Gasteiger partial charge in [-0.3, -0.25) is 9.78 Å². The van der Waals surface area contributed by atoms with Crippen molar-refractivity contribution in [1.82, 2.24) is 4.98 Å². The summed E-state index contributed by atoms with van der Waals surface area (Å²) in [4.78, 5) is 31.1. The fourth-order valence-electron chi connectivity index (χ4n) is 3.92. The van der Waals surface area contributed by atoms with E-state index in [2.05, 4.69) is 10.3 Å². The molecule has 1 aliphatic heterocycles. The number of ketones is 1. The van der Waals surface area contributed by atoms with Crippen molar-refractivity contribution in [2.24, 2.45) is 0 Å². The molecule has 1 saturated heterocycles. The van der Waals surface area contributed by atoms with Crippen LogP contribution in [-0.2, 0) is 9.84 Å². The quantitative estimate of drug-likeness (QED) is 0.446. The van der Waals surface area contributed by atoms with E-state index in [0.29, 0.717) is 23.6 Å². The van der Waals surface area contributed by atoms with Gasteiger partial charge >= 0.3 is 5.97 Å². The van der Waals surface area contributed by atoms with E-state index in [1.54, 1.807) is 42.6 Å². The normalized spacial score (nSPS) is 15.4. The number of sulfone groups is 1. The molecule has 0 aliphatic carbocycles. The number of halogens is 1. The van der Waals surface area contributed by atoms with E-state index in [9.17, 15) is 23.1 Å². The molecule has 1 aromatic heterocycles. The zero-order chi connectivity index (χ0) is 25.2. The molecule has 8 nitrogen and oxygen atoms in total. The van der Waals surface area contributed by atoms with Crippen LogP contribution in [0, 0.1) is 0 Å². The summed E-state index contributed by atoms with van der Waals surface area (Å²) in [6, 6.07) is 14.9. The number of nitrogens with zero attached hydrogens (tertiary/aromatic N) is 2. The van der Waals surface area contributed by atoms with Gasteiger partial charge in [-0.25, -0.2) is 13.2 Å². The van der Waals surface area contributed by atoms with E-state index in [1.165, 1.54) is 6.07 Å². The number of carbonyl (C=O) groups excluding carboxylic acids is 1. The van der Waals surface area contributed by atoms with Gasteiger partial charge in [0, 0.05) is 35.1 Å². The Kier molecular flexibility index (Phi) is 7.09. The Hall–Kier alpha value is -3.43. The summed E-state index contributed by atoms with van der Waals surface area (Å²) in [5.74, 6) is -1.45. The predicted molar refractivity (Wildman–Crippen MR) is 136 cm³/mol. The number of anilines is 3. The third-order valence-electron chi connectivity index (χ3n) is 6.01. The maximum absolute atomic E-state index is 13.0. The molecule has 0 atom stereocenters. The molecule has 3 aromatic rings. The van der Waals surface area contributed by atoms with Crippen LogP contribution in [-0.4, -0.2) is 54.9 Å². The maximum Gasteiger partial charge on any atom is 0.337 e. The van der Waals surface area contributed by atoms with Gasteiger partial charge in [0.15, 0.2) is 0 Å². The number of carbonyl (C=O) groups is 2. The van der Waals surface area contributed by atoms with Crippen molar-refractivity contribution in [3.8, 4) is 0 Å². The Labute approximate surface area is 208 Å². The highest BCUT2D eigenvalue weighted by molar-refractivity contribution is 7.91. The first-order chi connectivity index (χ1) is 16.6. The summed E-state index contributed by atoms with van der Waals surface area (Å²) in [6.45, 7) is 0. The number of aromatic carboxylic acids is 1. The van der Waals surface area contributed by atoms with Crippen LogP contribution in [0.1, 0.15) is 39.3 Å². The van der Waals surface area contributed by atoms with E-state index in [1.807, 2.05) is 24.1 Å². The number of benzene rings is 2. The maximum atomic E-state index is 13.0. The monoisotopic (exact) mass is 513 g/mol. The van der Waals surface area contributed by atoms with Crippen LogP contribution < -0.4 is 10.2 Å². The second kappa shape index (κ2) is 10.1. The van der Waals surface area contributed by atoms with Crippen LogP contribution in [0.2, 0.25) is 5.02 Å². The van der Waals surface area contributed by atoms with Crippen molar-refractivity contribution in [2.45, 2.75) is 18.9 Å². The van der Waals surface area contributed by atoms with Gasteiger partial charge in [-0.15, -0.1) is 0 Å². The molecule has 0 saturated carbocycles. The number of carboxylic acid groups (broad SMARTS) is 1. The van der Waals surface area contributed by atoms with Crippen molar-refractivity contribution in [3.05, 3.63) is 82.6 Å². The molecule has 0 radical (unpaired) electrons. The van der Waals surface area contributed by atoms with Crippen molar-refractivity contribution in [3.63, 3.8) is 0 Å². The summed E-state index contributed by atoms with van der Waals surface area (Å²) in [6.07, 6.45) is 2.39. The molecule has 2 aromatic carbocycles. The number of carboxylic acids is 1. The average molecular weight is 514 g/mol. The second-order valence-corrected chi connectivity index (χ2v) is 11.1. The summed E-state index contributed by atoms with van der Waals surface area (Å²) >= 11 is 5.94. The lowest BCUT2D eigenvalue weighted by atomic mass is 10.0. The number of nitrogens with one attached hydrogen (secondary N) is 1. The van der Waals surface area contributed by atoms with Crippen molar-refractivity contribution in [1.29, 1.82) is 0 Å². The van der Waals surface area contributed by atoms with Gasteiger partial charge in [0.05, 0.1) is 29.0 Å². The first-order valence-corrected chi connectivity index (χ1v) is 13.2. The third-order valence-corrected chi connectivity index (χ3v) is 7.98. The van der Waals surface area contributed by atoms with Crippen molar-refractivity contribution >= 4 is 50.3 Å². The Bertz CT molecular complexity index is 1340. The van der Waals surface area contributed by atoms with Crippen molar-refractivity contribution in [2.75, 3.05) is 28.8 Å². The van der Waals surface area contributed by atoms with Gasteiger partial charge in [-0.1, -0.05) is 11.6 Å². The van der Waals surface area contributed by atoms with Gasteiger partial charge in [0.1, 0.15) is 15.5 Å². The number of hydrogen-bond donors (Lipinski definition) is 2. The molecule has 0 unspecified atom stereocenters. The summed E-state index contributed by atoms with van der Waals surface area (Å²) in [5.41, 5.74) is 2.36. The van der Waals surface area contributed by atoms with Crippen LogP contribution in [0.5, 0.6) is 0 Å². The van der Waals surface area contributed by atoms with E-state index in [4.69, 9.17) is 11.6 Å². The minimum Gasteiger partial charge on any atom is -0.478 e. The Morgan fingerprint density at radius 1 is 1.03 bits per heavy atom. The minimum atomic E-state index is -3.03. The van der Waals surface area contributed by atoms with Crippen LogP contribution in [0.3, 0.4) is 0 Å².